The highest BCUT2D eigenvalue weighted by molar-refractivity contribution is 4.91. The minimum Gasteiger partial charge on any atom is -0.394 e. The summed E-state index contributed by atoms with van der Waals surface area (Å²) in [6.45, 7) is 1.00. The molecule has 9 heteroatoms. The second kappa shape index (κ2) is 6.18. The van der Waals surface area contributed by atoms with Gasteiger partial charge in [0.15, 0.2) is 12.6 Å². The van der Waals surface area contributed by atoms with Crippen molar-refractivity contribution in [3.05, 3.63) is 0 Å². The lowest BCUT2D eigenvalue weighted by Crippen LogP contribution is -2.58. The molecule has 6 N–H and O–H groups in total. The van der Waals surface area contributed by atoms with E-state index in [2.05, 4.69) is 0 Å². The van der Waals surface area contributed by atoms with Crippen molar-refractivity contribution in [3.63, 3.8) is 0 Å². The highest BCUT2D eigenvalue weighted by Crippen LogP contribution is 2.28. The standard InChI is InChI=1S/C11H20O9/c1-3-9(6(14)7(15)10(17)18-3)20-11-8(16)5(13)4(2-12)19-11/h3-17H,2H2,1H3/t3-,4+,5-,6?,7?,8?,9-,10?,11-/m0/s1. The van der Waals surface area contributed by atoms with Crippen LogP contribution in [-0.4, -0.2) is 92.6 Å². The maximum Gasteiger partial charge on any atom is 0.187 e. The molecule has 0 radical (unpaired) electrons. The van der Waals surface area contributed by atoms with E-state index in [9.17, 15) is 25.5 Å². The van der Waals surface area contributed by atoms with Crippen LogP contribution in [0.3, 0.4) is 0 Å². The van der Waals surface area contributed by atoms with Crippen molar-refractivity contribution in [2.24, 2.45) is 0 Å². The quantitative estimate of drug-likeness (QED) is 0.309. The van der Waals surface area contributed by atoms with Crippen molar-refractivity contribution in [1.29, 1.82) is 0 Å². The molecule has 2 rings (SSSR count). The number of rotatable bonds is 3. The third-order valence-electron chi connectivity index (χ3n) is 3.59. The van der Waals surface area contributed by atoms with Gasteiger partial charge in [-0.25, -0.2) is 0 Å². The van der Waals surface area contributed by atoms with Crippen molar-refractivity contribution >= 4 is 0 Å². The second-order valence-electron chi connectivity index (χ2n) is 5.02. The summed E-state index contributed by atoms with van der Waals surface area (Å²) in [5.74, 6) is 0. The summed E-state index contributed by atoms with van der Waals surface area (Å²) in [5.41, 5.74) is 0. The molecule has 0 aromatic carbocycles. The molecule has 0 aromatic rings. The fourth-order valence-corrected chi connectivity index (χ4v) is 2.34. The van der Waals surface area contributed by atoms with E-state index in [4.69, 9.17) is 19.3 Å². The SMILES string of the molecule is C[C@@H]1OC(O)C(O)C(O)[C@H]1O[C@@H]1O[C@H](CO)[C@H](O)C1O. The van der Waals surface area contributed by atoms with Crippen LogP contribution in [0.25, 0.3) is 0 Å². The molecule has 9 nitrogen and oxygen atoms in total. The lowest BCUT2D eigenvalue weighted by Gasteiger charge is -2.40. The maximum absolute atomic E-state index is 9.85. The van der Waals surface area contributed by atoms with Gasteiger partial charge in [0.25, 0.3) is 0 Å². The molecular weight excluding hydrogens is 276 g/mol. The Hall–Kier alpha value is -0.360. The van der Waals surface area contributed by atoms with E-state index in [0.29, 0.717) is 0 Å². The molecule has 20 heavy (non-hydrogen) atoms. The number of aliphatic hydroxyl groups is 6. The first kappa shape index (κ1) is 16.0. The monoisotopic (exact) mass is 296 g/mol. The Morgan fingerprint density at radius 1 is 0.900 bits per heavy atom. The predicted molar refractivity (Wildman–Crippen MR) is 61.2 cm³/mol. The number of ether oxygens (including phenoxy) is 3. The average molecular weight is 296 g/mol. The summed E-state index contributed by atoms with van der Waals surface area (Å²) in [4.78, 5) is 0. The smallest absolute Gasteiger partial charge is 0.187 e. The average Bonchev–Trinajstić information content (AvgIpc) is 2.68. The Morgan fingerprint density at radius 2 is 1.55 bits per heavy atom. The van der Waals surface area contributed by atoms with Gasteiger partial charge in [-0.05, 0) is 6.92 Å². The Morgan fingerprint density at radius 3 is 2.10 bits per heavy atom. The number of hydrogen-bond acceptors (Lipinski definition) is 9. The van der Waals surface area contributed by atoms with Gasteiger partial charge in [0.1, 0.15) is 36.6 Å². The lowest BCUT2D eigenvalue weighted by atomic mass is 9.99. The van der Waals surface area contributed by atoms with Crippen LogP contribution in [0.2, 0.25) is 0 Å². The number of hydrogen-bond donors (Lipinski definition) is 6. The van der Waals surface area contributed by atoms with Gasteiger partial charge in [-0.2, -0.15) is 0 Å². The molecule has 2 aliphatic heterocycles. The molecule has 2 aliphatic rings. The normalized spacial score (nSPS) is 53.2. The zero-order valence-corrected chi connectivity index (χ0v) is 10.8. The largest absolute Gasteiger partial charge is 0.394 e. The zero-order chi connectivity index (χ0) is 15.0. The van der Waals surface area contributed by atoms with Crippen LogP contribution in [0.15, 0.2) is 0 Å². The molecule has 2 fully saturated rings. The summed E-state index contributed by atoms with van der Waals surface area (Å²) in [5, 5.41) is 57.0. The Bertz CT molecular complexity index is 327. The Kier molecular flexibility index (Phi) is 4.95. The van der Waals surface area contributed by atoms with Crippen LogP contribution < -0.4 is 0 Å². The fourth-order valence-electron chi connectivity index (χ4n) is 2.34. The lowest BCUT2D eigenvalue weighted by molar-refractivity contribution is -0.313. The van der Waals surface area contributed by atoms with Crippen LogP contribution in [0.5, 0.6) is 0 Å². The van der Waals surface area contributed by atoms with Gasteiger partial charge in [0, 0.05) is 0 Å². The van der Waals surface area contributed by atoms with Crippen LogP contribution in [0.1, 0.15) is 6.92 Å². The third-order valence-corrected chi connectivity index (χ3v) is 3.59. The van der Waals surface area contributed by atoms with Crippen molar-refractivity contribution in [2.45, 2.75) is 62.2 Å². The van der Waals surface area contributed by atoms with Crippen LogP contribution in [0, 0.1) is 0 Å². The summed E-state index contributed by atoms with van der Waals surface area (Å²) in [7, 11) is 0. The summed E-state index contributed by atoms with van der Waals surface area (Å²) >= 11 is 0. The zero-order valence-electron chi connectivity index (χ0n) is 10.8. The van der Waals surface area contributed by atoms with Gasteiger partial charge in [0.05, 0.1) is 12.7 Å². The molecule has 9 atom stereocenters. The molecule has 0 aromatic heterocycles. The second-order valence-corrected chi connectivity index (χ2v) is 5.02. The van der Waals surface area contributed by atoms with Crippen molar-refractivity contribution in [1.82, 2.24) is 0 Å². The highest BCUT2D eigenvalue weighted by Gasteiger charge is 2.49. The molecule has 0 aliphatic carbocycles. The van der Waals surface area contributed by atoms with Crippen molar-refractivity contribution < 1.29 is 44.8 Å². The highest BCUT2D eigenvalue weighted by atomic mass is 16.7. The van der Waals surface area contributed by atoms with Crippen LogP contribution in [0.4, 0.5) is 0 Å². The predicted octanol–water partition coefficient (Wildman–Crippen LogP) is -3.73. The first-order valence-electron chi connectivity index (χ1n) is 6.34. The summed E-state index contributed by atoms with van der Waals surface area (Å²) in [6.07, 6.45) is -11.4. The van der Waals surface area contributed by atoms with Crippen LogP contribution >= 0.6 is 0 Å². The molecule has 0 saturated carbocycles. The first-order valence-corrected chi connectivity index (χ1v) is 6.34. The minimum atomic E-state index is -1.56. The molecular formula is C11H20O9. The van der Waals surface area contributed by atoms with E-state index in [0.717, 1.165) is 0 Å². The topological polar surface area (TPSA) is 149 Å². The van der Waals surface area contributed by atoms with E-state index >= 15 is 0 Å². The molecule has 4 unspecified atom stereocenters. The van der Waals surface area contributed by atoms with E-state index in [1.54, 1.807) is 0 Å². The van der Waals surface area contributed by atoms with Gasteiger partial charge >= 0.3 is 0 Å². The Balaban J connectivity index is 2.02. The first-order chi connectivity index (χ1) is 9.36. The van der Waals surface area contributed by atoms with E-state index in [-0.39, 0.29) is 0 Å². The van der Waals surface area contributed by atoms with Gasteiger partial charge in [0.2, 0.25) is 0 Å². The molecule has 0 bridgehead atoms. The molecule has 0 spiro atoms. The molecule has 118 valence electrons. The molecule has 2 saturated heterocycles. The van der Waals surface area contributed by atoms with Gasteiger partial charge in [-0.3, -0.25) is 0 Å². The van der Waals surface area contributed by atoms with E-state index in [1.165, 1.54) is 6.92 Å². The number of aliphatic hydroxyl groups excluding tert-OH is 6. The minimum absolute atomic E-state index is 0.501. The van der Waals surface area contributed by atoms with Gasteiger partial charge < -0.3 is 44.8 Å². The summed E-state index contributed by atoms with van der Waals surface area (Å²) < 4.78 is 15.4. The Labute approximate surface area is 114 Å². The third kappa shape index (κ3) is 2.82. The summed E-state index contributed by atoms with van der Waals surface area (Å²) in [6, 6.07) is 0. The van der Waals surface area contributed by atoms with E-state index < -0.39 is 61.9 Å². The molecule has 2 heterocycles. The van der Waals surface area contributed by atoms with Gasteiger partial charge in [-0.1, -0.05) is 0 Å². The van der Waals surface area contributed by atoms with Crippen LogP contribution in [-0.2, 0) is 14.2 Å². The van der Waals surface area contributed by atoms with Crippen molar-refractivity contribution in [2.75, 3.05) is 6.61 Å². The molecule has 0 amide bonds. The van der Waals surface area contributed by atoms with Gasteiger partial charge in [-0.15, -0.1) is 0 Å². The van der Waals surface area contributed by atoms with Crippen molar-refractivity contribution in [3.8, 4) is 0 Å². The fraction of sp³-hybridized carbons (Fsp3) is 1.00. The maximum atomic E-state index is 9.85. The van der Waals surface area contributed by atoms with E-state index in [1.807, 2.05) is 0 Å².